The van der Waals surface area contributed by atoms with Crippen LogP contribution in [0.1, 0.15) is 45.5 Å². The minimum absolute atomic E-state index is 0.00765. The molecule has 0 bridgehead atoms. The molecule has 0 spiro atoms. The van der Waals surface area contributed by atoms with E-state index in [1.165, 1.54) is 0 Å². The summed E-state index contributed by atoms with van der Waals surface area (Å²) in [4.78, 5) is 40.1. The maximum atomic E-state index is 13.1. The van der Waals surface area contributed by atoms with Crippen molar-refractivity contribution in [1.82, 2.24) is 24.4 Å². The normalized spacial score (nSPS) is 15.3. The number of ether oxygens (including phenoxy) is 1. The van der Waals surface area contributed by atoms with Crippen molar-refractivity contribution in [3.63, 3.8) is 0 Å². The van der Waals surface area contributed by atoms with Gasteiger partial charge >= 0.3 is 6.09 Å². The Morgan fingerprint density at radius 3 is 2.39 bits per heavy atom. The summed E-state index contributed by atoms with van der Waals surface area (Å²) in [6.07, 6.45) is 6.22. The smallest absolute Gasteiger partial charge is 0.410 e. The summed E-state index contributed by atoms with van der Waals surface area (Å²) < 4.78 is 7.15. The quantitative estimate of drug-likeness (QED) is 0.626. The van der Waals surface area contributed by atoms with E-state index in [2.05, 4.69) is 15.0 Å². The van der Waals surface area contributed by atoms with Crippen LogP contribution in [0.3, 0.4) is 0 Å². The van der Waals surface area contributed by atoms with Crippen molar-refractivity contribution in [3.05, 3.63) is 53.1 Å². The third-order valence-electron chi connectivity index (χ3n) is 5.41. The van der Waals surface area contributed by atoms with E-state index in [1.54, 1.807) is 28.2 Å². The molecule has 0 aliphatic carbocycles. The Morgan fingerprint density at radius 1 is 1.06 bits per heavy atom. The summed E-state index contributed by atoms with van der Waals surface area (Å²) in [6.45, 7) is 8.51. The van der Waals surface area contributed by atoms with Gasteiger partial charge in [-0.15, -0.1) is 0 Å². The lowest BCUT2D eigenvalue weighted by Gasteiger charge is -2.34. The number of fused-ring (bicyclic) bond motifs is 1. The van der Waals surface area contributed by atoms with Crippen LogP contribution in [0.2, 0.25) is 0 Å². The van der Waals surface area contributed by atoms with Crippen LogP contribution < -0.4 is 5.56 Å². The van der Waals surface area contributed by atoms with E-state index >= 15 is 0 Å². The third kappa shape index (κ3) is 4.57. The van der Waals surface area contributed by atoms with E-state index in [4.69, 9.17) is 4.74 Å². The molecule has 0 saturated carbocycles. The maximum Gasteiger partial charge on any atom is 0.410 e. The number of amides is 1. The summed E-state index contributed by atoms with van der Waals surface area (Å²) in [5.74, 6) is 0.711. The number of rotatable bonds is 2. The number of likely N-dealkylation sites (tertiary alicyclic amines) is 1. The average molecular weight is 422 g/mol. The first-order valence-corrected chi connectivity index (χ1v) is 10.5. The molecule has 1 aliphatic rings. The van der Waals surface area contributed by atoms with E-state index in [1.807, 2.05) is 45.9 Å². The largest absolute Gasteiger partial charge is 0.444 e. The van der Waals surface area contributed by atoms with E-state index in [-0.39, 0.29) is 17.7 Å². The first-order valence-electron chi connectivity index (χ1n) is 10.5. The molecule has 3 heterocycles. The van der Waals surface area contributed by atoms with Crippen molar-refractivity contribution in [2.45, 2.75) is 52.2 Å². The van der Waals surface area contributed by atoms with Gasteiger partial charge in [-0.2, -0.15) is 0 Å². The van der Waals surface area contributed by atoms with Crippen LogP contribution in [0.4, 0.5) is 4.79 Å². The van der Waals surface area contributed by atoms with E-state index in [0.717, 1.165) is 11.1 Å². The minimum atomic E-state index is -0.517. The molecule has 1 saturated heterocycles. The molecule has 31 heavy (non-hydrogen) atoms. The second-order valence-electron chi connectivity index (χ2n) is 8.91. The Balaban J connectivity index is 1.52. The predicted octanol–water partition coefficient (Wildman–Crippen LogP) is 3.73. The van der Waals surface area contributed by atoms with Crippen LogP contribution in [0.15, 0.2) is 41.7 Å². The van der Waals surface area contributed by atoms with Crippen molar-refractivity contribution in [3.8, 4) is 11.1 Å². The number of hydrogen-bond acceptors (Lipinski definition) is 6. The van der Waals surface area contributed by atoms with E-state index in [0.29, 0.717) is 42.7 Å². The molecule has 1 aromatic carbocycles. The number of hydrogen-bond donors (Lipinski definition) is 0. The van der Waals surface area contributed by atoms with Gasteiger partial charge in [0.15, 0.2) is 0 Å². The van der Waals surface area contributed by atoms with Crippen LogP contribution in [-0.2, 0) is 4.74 Å². The number of aryl methyl sites for hydroxylation is 1. The zero-order chi connectivity index (χ0) is 22.2. The summed E-state index contributed by atoms with van der Waals surface area (Å²) in [5.41, 5.74) is 1.87. The number of carbonyl (C=O) groups excluding carboxylic acids is 1. The molecule has 0 unspecified atom stereocenters. The highest BCUT2D eigenvalue weighted by molar-refractivity contribution is 5.83. The standard InChI is InChI=1S/C23H27N5O3/c1-15-24-12-17(13-25-15)16-5-6-19-20(11-16)26-14-28(21(19)29)18-7-9-27(10-8-18)22(30)31-23(2,3)4/h5-6,11-14,18H,7-10H2,1-4H3. The Labute approximate surface area is 180 Å². The lowest BCUT2D eigenvalue weighted by Crippen LogP contribution is -2.43. The first-order chi connectivity index (χ1) is 14.7. The van der Waals surface area contributed by atoms with Crippen molar-refractivity contribution in [2.24, 2.45) is 0 Å². The molecule has 0 radical (unpaired) electrons. The molecule has 1 fully saturated rings. The van der Waals surface area contributed by atoms with Gasteiger partial charge in [-0.25, -0.2) is 19.7 Å². The van der Waals surface area contributed by atoms with Crippen LogP contribution >= 0.6 is 0 Å². The van der Waals surface area contributed by atoms with Gasteiger partial charge in [0.25, 0.3) is 5.56 Å². The Hall–Kier alpha value is -3.29. The SMILES string of the molecule is Cc1ncc(-c2ccc3c(=O)n(C4CCN(C(=O)OC(C)(C)C)CC4)cnc3c2)cn1. The fourth-order valence-corrected chi connectivity index (χ4v) is 3.77. The second-order valence-corrected chi connectivity index (χ2v) is 8.91. The van der Waals surface area contributed by atoms with Gasteiger partial charge in [0.05, 0.1) is 17.2 Å². The van der Waals surface area contributed by atoms with Crippen LogP contribution in [0, 0.1) is 6.92 Å². The summed E-state index contributed by atoms with van der Waals surface area (Å²) in [5, 5.41) is 0.578. The van der Waals surface area contributed by atoms with Crippen molar-refractivity contribution in [1.29, 1.82) is 0 Å². The number of benzene rings is 1. The number of nitrogens with zero attached hydrogens (tertiary/aromatic N) is 5. The third-order valence-corrected chi connectivity index (χ3v) is 5.41. The topological polar surface area (TPSA) is 90.2 Å². The molecule has 4 rings (SSSR count). The van der Waals surface area contributed by atoms with Gasteiger partial charge in [-0.1, -0.05) is 6.07 Å². The van der Waals surface area contributed by atoms with Gasteiger partial charge < -0.3 is 9.64 Å². The summed E-state index contributed by atoms with van der Waals surface area (Å²) in [6, 6.07) is 5.61. The molecular weight excluding hydrogens is 394 g/mol. The van der Waals surface area contributed by atoms with Gasteiger partial charge in [0.1, 0.15) is 11.4 Å². The van der Waals surface area contributed by atoms with E-state index < -0.39 is 5.60 Å². The van der Waals surface area contributed by atoms with Crippen LogP contribution in [-0.4, -0.2) is 49.2 Å². The molecule has 8 heteroatoms. The molecule has 0 atom stereocenters. The number of aromatic nitrogens is 4. The van der Waals surface area contributed by atoms with Crippen molar-refractivity contribution in [2.75, 3.05) is 13.1 Å². The lowest BCUT2D eigenvalue weighted by atomic mass is 10.0. The Kier molecular flexibility index (Phi) is 5.47. The highest BCUT2D eigenvalue weighted by Gasteiger charge is 2.28. The summed E-state index contributed by atoms with van der Waals surface area (Å²) in [7, 11) is 0. The molecule has 3 aromatic rings. The molecule has 2 aromatic heterocycles. The zero-order valence-corrected chi connectivity index (χ0v) is 18.3. The minimum Gasteiger partial charge on any atom is -0.444 e. The molecule has 162 valence electrons. The van der Waals surface area contributed by atoms with Crippen LogP contribution in [0.25, 0.3) is 22.0 Å². The zero-order valence-electron chi connectivity index (χ0n) is 18.3. The molecule has 1 amide bonds. The average Bonchev–Trinajstić information content (AvgIpc) is 2.73. The van der Waals surface area contributed by atoms with Gasteiger partial charge in [0.2, 0.25) is 0 Å². The highest BCUT2D eigenvalue weighted by Crippen LogP contribution is 2.25. The molecule has 0 N–H and O–H groups in total. The highest BCUT2D eigenvalue weighted by atomic mass is 16.6. The fraction of sp³-hybridized carbons (Fsp3) is 0.435. The fourth-order valence-electron chi connectivity index (χ4n) is 3.77. The van der Waals surface area contributed by atoms with Crippen molar-refractivity contribution >= 4 is 17.0 Å². The van der Waals surface area contributed by atoms with E-state index in [9.17, 15) is 9.59 Å². The van der Waals surface area contributed by atoms with Gasteiger partial charge in [0, 0.05) is 37.1 Å². The Bertz CT molecular complexity index is 1160. The molecule has 1 aliphatic heterocycles. The first kappa shape index (κ1) is 21.0. The van der Waals surface area contributed by atoms with Crippen molar-refractivity contribution < 1.29 is 9.53 Å². The van der Waals surface area contributed by atoms with Crippen LogP contribution in [0.5, 0.6) is 0 Å². The summed E-state index contributed by atoms with van der Waals surface area (Å²) >= 11 is 0. The maximum absolute atomic E-state index is 13.1. The number of piperidine rings is 1. The Morgan fingerprint density at radius 2 is 1.74 bits per heavy atom. The molecule has 8 nitrogen and oxygen atoms in total. The molecular formula is C23H27N5O3. The van der Waals surface area contributed by atoms with Gasteiger partial charge in [-0.3, -0.25) is 9.36 Å². The number of carbonyl (C=O) groups is 1. The second kappa shape index (κ2) is 8.09. The lowest BCUT2D eigenvalue weighted by molar-refractivity contribution is 0.0187. The predicted molar refractivity (Wildman–Crippen MR) is 118 cm³/mol. The monoisotopic (exact) mass is 421 g/mol. The van der Waals surface area contributed by atoms with Gasteiger partial charge in [-0.05, 0) is 58.2 Å².